The van der Waals surface area contributed by atoms with Gasteiger partial charge >= 0.3 is 0 Å². The Bertz CT molecular complexity index is 580. The molecule has 1 aliphatic heterocycles. The quantitative estimate of drug-likeness (QED) is 0.779. The van der Waals surface area contributed by atoms with Crippen LogP contribution in [0.25, 0.3) is 0 Å². The molecule has 3 nitrogen and oxygen atoms in total. The number of rotatable bonds is 3. The highest BCUT2D eigenvalue weighted by molar-refractivity contribution is 9.10. The van der Waals surface area contributed by atoms with Crippen LogP contribution in [0.5, 0.6) is 0 Å². The predicted molar refractivity (Wildman–Crippen MR) is 79.7 cm³/mol. The molecule has 0 aromatic heterocycles. The lowest BCUT2D eigenvalue weighted by molar-refractivity contribution is -0.141. The minimum absolute atomic E-state index is 0.0582. The van der Waals surface area contributed by atoms with Crippen molar-refractivity contribution >= 4 is 27.7 Å². The molecule has 0 bridgehead atoms. The number of imide groups is 1. The largest absolute Gasteiger partial charge is 0.278 e. The van der Waals surface area contributed by atoms with Crippen molar-refractivity contribution in [1.29, 1.82) is 0 Å². The maximum atomic E-state index is 13.1. The molecule has 3 rings (SSSR count). The third-order valence-electron chi connectivity index (χ3n) is 4.75. The van der Waals surface area contributed by atoms with Crippen LogP contribution in [-0.4, -0.2) is 16.7 Å². The lowest BCUT2D eigenvalue weighted by atomic mass is 10.00. The van der Waals surface area contributed by atoms with Crippen LogP contribution in [0, 0.1) is 23.6 Å². The van der Waals surface area contributed by atoms with E-state index >= 15 is 0 Å². The molecule has 1 saturated carbocycles. The van der Waals surface area contributed by atoms with Gasteiger partial charge in [-0.2, -0.15) is 0 Å². The second kappa shape index (κ2) is 5.52. The number of nitrogens with zero attached hydrogens (tertiary/aromatic N) is 1. The van der Waals surface area contributed by atoms with E-state index in [1.54, 1.807) is 6.07 Å². The summed E-state index contributed by atoms with van der Waals surface area (Å²) < 4.78 is 13.7. The predicted octanol–water partition coefficient (Wildman–Crippen LogP) is 3.51. The van der Waals surface area contributed by atoms with Crippen LogP contribution in [0.3, 0.4) is 0 Å². The molecule has 21 heavy (non-hydrogen) atoms. The Morgan fingerprint density at radius 3 is 2.38 bits per heavy atom. The number of hydrogen-bond acceptors (Lipinski definition) is 2. The highest BCUT2D eigenvalue weighted by atomic mass is 79.9. The van der Waals surface area contributed by atoms with Gasteiger partial charge in [0.05, 0.1) is 18.4 Å². The number of carbonyl (C=O) groups is 2. The van der Waals surface area contributed by atoms with E-state index in [4.69, 9.17) is 0 Å². The van der Waals surface area contributed by atoms with Gasteiger partial charge in [0.1, 0.15) is 5.82 Å². The molecule has 0 radical (unpaired) electrons. The molecule has 5 heteroatoms. The fourth-order valence-corrected chi connectivity index (χ4v) is 3.98. The zero-order valence-corrected chi connectivity index (χ0v) is 13.4. The first-order valence-electron chi connectivity index (χ1n) is 7.30. The Balaban J connectivity index is 1.79. The van der Waals surface area contributed by atoms with Gasteiger partial charge in [-0.15, -0.1) is 0 Å². The van der Waals surface area contributed by atoms with E-state index in [0.29, 0.717) is 10.4 Å². The van der Waals surface area contributed by atoms with Gasteiger partial charge in [0, 0.05) is 4.47 Å². The van der Waals surface area contributed by atoms with E-state index in [-0.39, 0.29) is 36.0 Å². The first-order valence-corrected chi connectivity index (χ1v) is 8.09. The Labute approximate surface area is 131 Å². The molecule has 1 heterocycles. The van der Waals surface area contributed by atoms with Gasteiger partial charge in [0.15, 0.2) is 0 Å². The van der Waals surface area contributed by atoms with E-state index in [1.165, 1.54) is 17.0 Å². The van der Waals surface area contributed by atoms with Gasteiger partial charge in [0.2, 0.25) is 11.8 Å². The van der Waals surface area contributed by atoms with Crippen LogP contribution in [-0.2, 0) is 16.1 Å². The van der Waals surface area contributed by atoms with Crippen LogP contribution in [0.1, 0.15) is 31.7 Å². The number of benzene rings is 1. The molecule has 1 aromatic rings. The third kappa shape index (κ3) is 2.52. The van der Waals surface area contributed by atoms with E-state index in [1.807, 2.05) is 0 Å². The second-order valence-corrected chi connectivity index (χ2v) is 6.81. The minimum atomic E-state index is -0.340. The monoisotopic (exact) mass is 353 g/mol. The van der Waals surface area contributed by atoms with Gasteiger partial charge in [-0.25, -0.2) is 4.39 Å². The number of halogens is 2. The SMILES string of the molecule is CCC1CC2C(=O)N(Cc3ccc(F)cc3Br)C(=O)C2C1. The number of likely N-dealkylation sites (tertiary alicyclic amines) is 1. The summed E-state index contributed by atoms with van der Waals surface area (Å²) >= 11 is 3.29. The second-order valence-electron chi connectivity index (χ2n) is 5.96. The highest BCUT2D eigenvalue weighted by Gasteiger charge is 2.52. The molecular formula is C16H17BrFNO2. The standard InChI is InChI=1S/C16H17BrFNO2/c1-2-9-5-12-13(6-9)16(21)19(15(12)20)8-10-3-4-11(18)7-14(10)17/h3-4,7,9,12-13H,2,5-6,8H2,1H3. The summed E-state index contributed by atoms with van der Waals surface area (Å²) in [7, 11) is 0. The summed E-state index contributed by atoms with van der Waals surface area (Å²) in [5.74, 6) is -0.238. The first kappa shape index (κ1) is 14.7. The molecule has 1 aliphatic carbocycles. The summed E-state index contributed by atoms with van der Waals surface area (Å²) in [6.07, 6.45) is 2.68. The number of hydrogen-bond donors (Lipinski definition) is 0. The van der Waals surface area contributed by atoms with Crippen LogP contribution < -0.4 is 0 Å². The van der Waals surface area contributed by atoms with Crippen molar-refractivity contribution in [2.45, 2.75) is 32.7 Å². The Hall–Kier alpha value is -1.23. The average molecular weight is 354 g/mol. The number of carbonyl (C=O) groups excluding carboxylic acids is 2. The highest BCUT2D eigenvalue weighted by Crippen LogP contribution is 2.44. The summed E-state index contributed by atoms with van der Waals surface area (Å²) in [6.45, 7) is 2.33. The van der Waals surface area contributed by atoms with Crippen molar-refractivity contribution < 1.29 is 14.0 Å². The van der Waals surface area contributed by atoms with E-state index in [0.717, 1.165) is 24.8 Å². The van der Waals surface area contributed by atoms with Crippen LogP contribution >= 0.6 is 15.9 Å². The van der Waals surface area contributed by atoms with E-state index in [2.05, 4.69) is 22.9 Å². The number of fused-ring (bicyclic) bond motifs is 1. The molecule has 2 unspecified atom stereocenters. The molecule has 2 amide bonds. The molecule has 2 atom stereocenters. The van der Waals surface area contributed by atoms with Crippen molar-refractivity contribution in [3.8, 4) is 0 Å². The van der Waals surface area contributed by atoms with Crippen molar-refractivity contribution in [2.75, 3.05) is 0 Å². The van der Waals surface area contributed by atoms with Crippen molar-refractivity contribution in [2.24, 2.45) is 17.8 Å². The van der Waals surface area contributed by atoms with E-state index in [9.17, 15) is 14.0 Å². The van der Waals surface area contributed by atoms with Gasteiger partial charge in [-0.1, -0.05) is 35.3 Å². The van der Waals surface area contributed by atoms with Crippen molar-refractivity contribution in [3.63, 3.8) is 0 Å². The minimum Gasteiger partial charge on any atom is -0.278 e. The zero-order valence-electron chi connectivity index (χ0n) is 11.8. The Morgan fingerprint density at radius 2 is 1.86 bits per heavy atom. The third-order valence-corrected chi connectivity index (χ3v) is 5.49. The normalized spacial score (nSPS) is 28.3. The lowest BCUT2D eigenvalue weighted by Crippen LogP contribution is -2.31. The molecular weight excluding hydrogens is 337 g/mol. The molecule has 0 N–H and O–H groups in total. The molecule has 2 fully saturated rings. The van der Waals surface area contributed by atoms with Crippen LogP contribution in [0.15, 0.2) is 22.7 Å². The fraction of sp³-hybridized carbons (Fsp3) is 0.500. The van der Waals surface area contributed by atoms with Gasteiger partial charge in [-0.05, 0) is 36.5 Å². The first-order chi connectivity index (χ1) is 10.0. The van der Waals surface area contributed by atoms with Crippen molar-refractivity contribution in [3.05, 3.63) is 34.1 Å². The summed E-state index contributed by atoms with van der Waals surface area (Å²) in [6, 6.07) is 4.32. The summed E-state index contributed by atoms with van der Waals surface area (Å²) in [4.78, 5) is 26.3. The maximum absolute atomic E-state index is 13.1. The fourth-order valence-electron chi connectivity index (χ4n) is 3.51. The van der Waals surface area contributed by atoms with Gasteiger partial charge in [-0.3, -0.25) is 14.5 Å². The van der Waals surface area contributed by atoms with Crippen molar-refractivity contribution in [1.82, 2.24) is 4.90 Å². The molecule has 1 saturated heterocycles. The topological polar surface area (TPSA) is 37.4 Å². The number of amides is 2. The molecule has 112 valence electrons. The molecule has 1 aromatic carbocycles. The summed E-state index contributed by atoms with van der Waals surface area (Å²) in [5, 5.41) is 0. The van der Waals surface area contributed by atoms with E-state index < -0.39 is 0 Å². The Kier molecular flexibility index (Phi) is 3.86. The maximum Gasteiger partial charge on any atom is 0.233 e. The lowest BCUT2D eigenvalue weighted by Gasteiger charge is -2.18. The molecule has 2 aliphatic rings. The van der Waals surface area contributed by atoms with Crippen LogP contribution in [0.4, 0.5) is 4.39 Å². The summed E-state index contributed by atoms with van der Waals surface area (Å²) in [5.41, 5.74) is 0.755. The van der Waals surface area contributed by atoms with Gasteiger partial charge < -0.3 is 0 Å². The molecule has 0 spiro atoms. The Morgan fingerprint density at radius 1 is 1.24 bits per heavy atom. The van der Waals surface area contributed by atoms with Gasteiger partial charge in [0.25, 0.3) is 0 Å². The zero-order chi connectivity index (χ0) is 15.1. The smallest absolute Gasteiger partial charge is 0.233 e. The van der Waals surface area contributed by atoms with Crippen LogP contribution in [0.2, 0.25) is 0 Å². The average Bonchev–Trinajstić information content (AvgIpc) is 2.97.